The largest absolute Gasteiger partial charge is 0.327 e. The lowest BCUT2D eigenvalue weighted by Gasteiger charge is -2.31. The van der Waals surface area contributed by atoms with Crippen LogP contribution in [0.3, 0.4) is 0 Å². The van der Waals surface area contributed by atoms with E-state index in [4.69, 9.17) is 17.3 Å². The summed E-state index contributed by atoms with van der Waals surface area (Å²) < 4.78 is 4.81. The van der Waals surface area contributed by atoms with Gasteiger partial charge in [0.1, 0.15) is 0 Å². The highest BCUT2D eigenvalue weighted by Gasteiger charge is 2.26. The summed E-state index contributed by atoms with van der Waals surface area (Å²) in [5.74, 6) is 1.10. The molecule has 9 heteroatoms. The summed E-state index contributed by atoms with van der Waals surface area (Å²) in [6.07, 6.45) is 0. The summed E-state index contributed by atoms with van der Waals surface area (Å²) >= 11 is 8.86. The van der Waals surface area contributed by atoms with Crippen LogP contribution in [0.25, 0.3) is 10.7 Å². The summed E-state index contributed by atoms with van der Waals surface area (Å²) in [5, 5.41) is 8.81. The van der Waals surface area contributed by atoms with Crippen molar-refractivity contribution in [2.75, 3.05) is 26.2 Å². The third kappa shape index (κ3) is 3.77. The Hall–Kier alpha value is -1.81. The number of amides is 1. The van der Waals surface area contributed by atoms with Gasteiger partial charge in [-0.1, -0.05) is 12.1 Å². The Morgan fingerprint density at radius 3 is 2.59 bits per heavy atom. The molecule has 3 aromatic rings. The third-order valence-corrected chi connectivity index (χ3v) is 7.00. The molecule has 0 aromatic carbocycles. The SMILES string of the molecule is CCn1c(-c2cccs2)nn(C[NH+]2CCN(C(=O)c3cccs3)CC2)c1=S. The van der Waals surface area contributed by atoms with E-state index in [0.717, 1.165) is 59.7 Å². The average molecular weight is 421 g/mol. The van der Waals surface area contributed by atoms with Crippen molar-refractivity contribution in [3.63, 3.8) is 0 Å². The summed E-state index contributed by atoms with van der Waals surface area (Å²) in [4.78, 5) is 17.8. The maximum atomic E-state index is 12.5. The van der Waals surface area contributed by atoms with E-state index in [0.29, 0.717) is 0 Å². The Morgan fingerprint density at radius 2 is 1.96 bits per heavy atom. The van der Waals surface area contributed by atoms with E-state index in [1.165, 1.54) is 16.2 Å². The second-order valence-electron chi connectivity index (χ2n) is 6.50. The van der Waals surface area contributed by atoms with Crippen molar-refractivity contribution in [1.29, 1.82) is 0 Å². The lowest BCUT2D eigenvalue weighted by molar-refractivity contribution is -0.927. The first-order valence-electron chi connectivity index (χ1n) is 9.05. The fraction of sp³-hybridized carbons (Fsp3) is 0.389. The van der Waals surface area contributed by atoms with Crippen LogP contribution in [-0.4, -0.2) is 51.3 Å². The standard InChI is InChI=1S/C18H21N5OS3/c1-2-22-16(14-5-3-11-26-14)19-23(18(22)25)13-20-7-9-21(10-8-20)17(24)15-6-4-12-27-15/h3-6,11-12H,2,7-10,13H2,1H3/p+1. The minimum absolute atomic E-state index is 0.149. The second kappa shape index (κ2) is 8.05. The smallest absolute Gasteiger partial charge is 0.264 e. The predicted molar refractivity (Wildman–Crippen MR) is 111 cm³/mol. The molecule has 4 heterocycles. The first-order chi connectivity index (χ1) is 13.2. The lowest BCUT2D eigenvalue weighted by Crippen LogP contribution is -3.14. The van der Waals surface area contributed by atoms with E-state index in [9.17, 15) is 4.79 Å². The molecule has 0 unspecified atom stereocenters. The number of thiophene rings is 2. The number of nitrogens with zero attached hydrogens (tertiary/aromatic N) is 4. The van der Waals surface area contributed by atoms with Crippen molar-refractivity contribution in [3.8, 4) is 10.7 Å². The first kappa shape index (κ1) is 18.5. The van der Waals surface area contributed by atoms with E-state index in [1.54, 1.807) is 11.3 Å². The Labute approximate surface area is 171 Å². The van der Waals surface area contributed by atoms with Crippen LogP contribution in [0.2, 0.25) is 0 Å². The Bertz CT molecular complexity index is 950. The molecule has 0 saturated carbocycles. The maximum absolute atomic E-state index is 12.5. The predicted octanol–water partition coefficient (Wildman–Crippen LogP) is 2.22. The van der Waals surface area contributed by atoms with Gasteiger partial charge in [0.05, 0.1) is 35.9 Å². The molecule has 3 aromatic heterocycles. The molecule has 1 aliphatic heterocycles. The van der Waals surface area contributed by atoms with Gasteiger partial charge in [-0.15, -0.1) is 27.8 Å². The van der Waals surface area contributed by atoms with Gasteiger partial charge >= 0.3 is 0 Å². The molecule has 1 N–H and O–H groups in total. The summed E-state index contributed by atoms with van der Waals surface area (Å²) in [6.45, 7) is 7.01. The van der Waals surface area contributed by atoms with Gasteiger partial charge in [-0.25, -0.2) is 0 Å². The first-order valence-corrected chi connectivity index (χ1v) is 11.2. The van der Waals surface area contributed by atoms with Crippen LogP contribution in [0.4, 0.5) is 0 Å². The minimum Gasteiger partial charge on any atom is -0.327 e. The fourth-order valence-electron chi connectivity index (χ4n) is 3.37. The van der Waals surface area contributed by atoms with Crippen LogP contribution in [0.5, 0.6) is 0 Å². The number of aromatic nitrogens is 3. The second-order valence-corrected chi connectivity index (χ2v) is 8.77. The molecule has 0 aliphatic carbocycles. The highest BCUT2D eigenvalue weighted by Crippen LogP contribution is 2.23. The molecule has 142 valence electrons. The molecule has 0 radical (unpaired) electrons. The van der Waals surface area contributed by atoms with Crippen LogP contribution < -0.4 is 4.90 Å². The molecule has 6 nitrogen and oxygen atoms in total. The van der Waals surface area contributed by atoms with Crippen molar-refractivity contribution in [2.45, 2.75) is 20.1 Å². The van der Waals surface area contributed by atoms with E-state index in [1.807, 2.05) is 33.2 Å². The van der Waals surface area contributed by atoms with Crippen molar-refractivity contribution in [1.82, 2.24) is 19.2 Å². The summed E-state index contributed by atoms with van der Waals surface area (Å²) in [6, 6.07) is 7.95. The number of carbonyl (C=O) groups excluding carboxylic acids is 1. The van der Waals surface area contributed by atoms with Crippen molar-refractivity contribution >= 4 is 40.8 Å². The van der Waals surface area contributed by atoms with Gasteiger partial charge in [-0.3, -0.25) is 9.36 Å². The number of nitrogens with one attached hydrogen (secondary N) is 1. The van der Waals surface area contributed by atoms with E-state index in [-0.39, 0.29) is 5.91 Å². The highest BCUT2D eigenvalue weighted by atomic mass is 32.1. The molecule has 1 saturated heterocycles. The normalized spacial score (nSPS) is 15.4. The molecule has 4 rings (SSSR count). The summed E-state index contributed by atoms with van der Waals surface area (Å²) in [5.41, 5.74) is 0. The molecule has 1 aliphatic rings. The molecule has 27 heavy (non-hydrogen) atoms. The zero-order valence-corrected chi connectivity index (χ0v) is 17.6. The highest BCUT2D eigenvalue weighted by molar-refractivity contribution is 7.71. The van der Waals surface area contributed by atoms with Gasteiger partial charge < -0.3 is 9.80 Å². The van der Waals surface area contributed by atoms with Gasteiger partial charge in [-0.2, -0.15) is 4.68 Å². The number of hydrogen-bond donors (Lipinski definition) is 1. The van der Waals surface area contributed by atoms with Gasteiger partial charge in [0.25, 0.3) is 5.91 Å². The molecular formula is C18H22N5OS3+. The van der Waals surface area contributed by atoms with Gasteiger partial charge in [0, 0.05) is 6.54 Å². The molecule has 0 bridgehead atoms. The minimum atomic E-state index is 0.149. The van der Waals surface area contributed by atoms with Crippen LogP contribution >= 0.6 is 34.9 Å². The van der Waals surface area contributed by atoms with Crippen LogP contribution in [0.15, 0.2) is 35.0 Å². The monoisotopic (exact) mass is 420 g/mol. The molecule has 1 fully saturated rings. The lowest BCUT2D eigenvalue weighted by atomic mass is 10.3. The Kier molecular flexibility index (Phi) is 5.53. The topological polar surface area (TPSA) is 47.5 Å². The van der Waals surface area contributed by atoms with E-state index >= 15 is 0 Å². The Morgan fingerprint density at radius 1 is 1.22 bits per heavy atom. The van der Waals surface area contributed by atoms with Gasteiger partial charge in [0.15, 0.2) is 12.5 Å². The number of piperazine rings is 1. The van der Waals surface area contributed by atoms with Crippen LogP contribution in [0.1, 0.15) is 16.6 Å². The van der Waals surface area contributed by atoms with E-state index in [2.05, 4.69) is 22.9 Å². The summed E-state index contributed by atoms with van der Waals surface area (Å²) in [7, 11) is 0. The quantitative estimate of drug-likeness (QED) is 0.644. The molecule has 0 atom stereocenters. The average Bonchev–Trinajstić information content (AvgIpc) is 3.44. The number of carbonyl (C=O) groups is 1. The third-order valence-electron chi connectivity index (χ3n) is 4.84. The number of quaternary nitrogens is 1. The maximum Gasteiger partial charge on any atom is 0.264 e. The van der Waals surface area contributed by atoms with Crippen molar-refractivity contribution < 1.29 is 9.69 Å². The number of rotatable bonds is 5. The van der Waals surface area contributed by atoms with Gasteiger partial charge in [0.2, 0.25) is 4.77 Å². The molecule has 1 amide bonds. The van der Waals surface area contributed by atoms with Crippen molar-refractivity contribution in [3.05, 3.63) is 44.7 Å². The molecular weight excluding hydrogens is 398 g/mol. The zero-order valence-electron chi connectivity index (χ0n) is 15.1. The van der Waals surface area contributed by atoms with Crippen LogP contribution in [-0.2, 0) is 13.2 Å². The van der Waals surface area contributed by atoms with Gasteiger partial charge in [-0.05, 0) is 42.0 Å². The Balaban J connectivity index is 1.44. The van der Waals surface area contributed by atoms with Crippen molar-refractivity contribution in [2.24, 2.45) is 0 Å². The molecule has 0 spiro atoms. The van der Waals surface area contributed by atoms with E-state index < -0.39 is 0 Å². The fourth-order valence-corrected chi connectivity index (χ4v) is 5.10. The number of hydrogen-bond acceptors (Lipinski definition) is 5. The van der Waals surface area contributed by atoms with Crippen LogP contribution in [0, 0.1) is 4.77 Å². The zero-order chi connectivity index (χ0) is 18.8.